The molecule has 7 heteroatoms. The smallest absolute Gasteiger partial charge is 0.266 e. The number of carbonyl (C=O) groups excluding carboxylic acids is 1. The van der Waals surface area contributed by atoms with Crippen LogP contribution < -0.4 is 5.32 Å². The van der Waals surface area contributed by atoms with Gasteiger partial charge in [0.05, 0.1) is 17.9 Å². The molecule has 0 spiro atoms. The zero-order valence-electron chi connectivity index (χ0n) is 30.8. The van der Waals surface area contributed by atoms with Crippen LogP contribution in [-0.4, -0.2) is 41.9 Å². The maximum Gasteiger partial charge on any atom is 0.266 e. The lowest BCUT2D eigenvalue weighted by molar-refractivity contribution is -0.122. The van der Waals surface area contributed by atoms with Crippen LogP contribution in [0.4, 0.5) is 0 Å². The van der Waals surface area contributed by atoms with Crippen molar-refractivity contribution in [1.82, 2.24) is 5.32 Å². The molecule has 0 saturated heterocycles. The van der Waals surface area contributed by atoms with Crippen molar-refractivity contribution in [2.75, 3.05) is 5.75 Å². The molecule has 0 radical (unpaired) electrons. The van der Waals surface area contributed by atoms with E-state index in [1.54, 1.807) is 0 Å². The summed E-state index contributed by atoms with van der Waals surface area (Å²) in [6.07, 6.45) is 47.4. The third-order valence-corrected chi connectivity index (χ3v) is 9.27. The lowest BCUT2D eigenvalue weighted by Crippen LogP contribution is -2.47. The number of allylic oxidation sites excluding steroid dienone is 10. The molecule has 0 aliphatic heterocycles. The Hall–Kier alpha value is -1.96. The predicted molar refractivity (Wildman–Crippen MR) is 207 cm³/mol. The molecule has 0 aromatic carbocycles. The summed E-state index contributed by atoms with van der Waals surface area (Å²) in [5, 5.41) is 13.3. The Kier molecular flexibility index (Phi) is 33.5. The molecule has 278 valence electrons. The second kappa shape index (κ2) is 34.9. The highest BCUT2D eigenvalue weighted by Crippen LogP contribution is 2.15. The van der Waals surface area contributed by atoms with Gasteiger partial charge < -0.3 is 10.4 Å². The van der Waals surface area contributed by atoms with Crippen LogP contribution in [-0.2, 0) is 14.9 Å². The van der Waals surface area contributed by atoms with E-state index < -0.39 is 28.0 Å². The maximum atomic E-state index is 12.5. The standard InChI is InChI=1S/C41H73NO5S/c1-3-5-7-9-11-13-15-17-19-21-23-25-27-29-31-33-35-37-41(44)42-39(38-48(45,46)47)40(43)36-34-32-30-28-26-24-22-20-18-16-14-12-10-8-6-4-2/h5,7,11,13,17,19,23,25,29,31,39-40,43H,3-4,6,8-10,12,14-16,18,20-22,24,26-28,30,32-38H2,1-2H3,(H,42,44)(H,45,46,47)/b7-5-,13-11-,19-17-,25-23-,31-29-. The van der Waals surface area contributed by atoms with Gasteiger partial charge in [0.2, 0.25) is 5.91 Å². The van der Waals surface area contributed by atoms with E-state index in [0.29, 0.717) is 12.8 Å². The molecule has 0 aliphatic rings. The van der Waals surface area contributed by atoms with Crippen molar-refractivity contribution >= 4 is 16.0 Å². The fourth-order valence-electron chi connectivity index (χ4n) is 5.61. The van der Waals surface area contributed by atoms with Gasteiger partial charge in [-0.05, 0) is 51.4 Å². The summed E-state index contributed by atoms with van der Waals surface area (Å²) in [6, 6.07) is -1.00. The summed E-state index contributed by atoms with van der Waals surface area (Å²) in [4.78, 5) is 12.5. The number of amides is 1. The molecule has 0 rings (SSSR count). The number of rotatable bonds is 34. The number of unbranched alkanes of at least 4 members (excludes halogenated alkanes) is 16. The Morgan fingerprint density at radius 1 is 0.583 bits per heavy atom. The van der Waals surface area contributed by atoms with Crippen LogP contribution in [0.25, 0.3) is 0 Å². The SMILES string of the molecule is CC/C=C\C/C=C\C/C=C\C/C=C\C/C=C\CCCC(=O)NC(CS(=O)(=O)O)C(O)CCCCCCCCCCCCCCCCCC. The van der Waals surface area contributed by atoms with Crippen molar-refractivity contribution < 1.29 is 22.9 Å². The van der Waals surface area contributed by atoms with Crippen molar-refractivity contribution in [3.8, 4) is 0 Å². The highest BCUT2D eigenvalue weighted by atomic mass is 32.2. The second-order valence-corrected chi connectivity index (χ2v) is 14.7. The Labute approximate surface area is 296 Å². The molecule has 6 nitrogen and oxygen atoms in total. The fourth-order valence-corrected chi connectivity index (χ4v) is 6.37. The van der Waals surface area contributed by atoms with Gasteiger partial charge in [-0.25, -0.2) is 0 Å². The zero-order chi connectivity index (χ0) is 35.4. The topological polar surface area (TPSA) is 104 Å². The first kappa shape index (κ1) is 46.0. The molecule has 0 aromatic rings. The average molecular weight is 692 g/mol. The Balaban J connectivity index is 4.02. The first-order valence-corrected chi connectivity index (χ1v) is 21.1. The van der Waals surface area contributed by atoms with Gasteiger partial charge in [0.1, 0.15) is 0 Å². The van der Waals surface area contributed by atoms with Gasteiger partial charge in [0.15, 0.2) is 0 Å². The highest BCUT2D eigenvalue weighted by molar-refractivity contribution is 7.85. The number of nitrogens with one attached hydrogen (secondary N) is 1. The highest BCUT2D eigenvalue weighted by Gasteiger charge is 2.26. The zero-order valence-corrected chi connectivity index (χ0v) is 31.7. The predicted octanol–water partition coefficient (Wildman–Crippen LogP) is 11.3. The van der Waals surface area contributed by atoms with E-state index in [-0.39, 0.29) is 12.3 Å². The van der Waals surface area contributed by atoms with Gasteiger partial charge >= 0.3 is 0 Å². The van der Waals surface area contributed by atoms with Gasteiger partial charge in [0.25, 0.3) is 10.1 Å². The molecule has 0 saturated carbocycles. The van der Waals surface area contributed by atoms with E-state index in [0.717, 1.165) is 57.8 Å². The van der Waals surface area contributed by atoms with Gasteiger partial charge in [0, 0.05) is 6.42 Å². The van der Waals surface area contributed by atoms with Crippen LogP contribution >= 0.6 is 0 Å². The number of hydrogen-bond donors (Lipinski definition) is 3. The number of aliphatic hydroxyl groups excluding tert-OH is 1. The first-order chi connectivity index (χ1) is 23.3. The van der Waals surface area contributed by atoms with Gasteiger partial charge in [-0.3, -0.25) is 9.35 Å². The summed E-state index contributed by atoms with van der Waals surface area (Å²) in [5.74, 6) is -0.977. The van der Waals surface area contributed by atoms with E-state index in [4.69, 9.17) is 0 Å². The minimum Gasteiger partial charge on any atom is -0.391 e. The molecule has 0 bridgehead atoms. The summed E-state index contributed by atoms with van der Waals surface area (Å²) in [7, 11) is -4.33. The van der Waals surface area contributed by atoms with Crippen LogP contribution in [0.3, 0.4) is 0 Å². The van der Waals surface area contributed by atoms with Crippen molar-refractivity contribution in [3.05, 3.63) is 60.8 Å². The Bertz CT molecular complexity index is 983. The Morgan fingerprint density at radius 2 is 0.979 bits per heavy atom. The third-order valence-electron chi connectivity index (χ3n) is 8.49. The van der Waals surface area contributed by atoms with Gasteiger partial charge in [-0.1, -0.05) is 177 Å². The summed E-state index contributed by atoms with van der Waals surface area (Å²) < 4.78 is 32.5. The molecular weight excluding hydrogens is 619 g/mol. The molecule has 1 amide bonds. The molecule has 0 aromatic heterocycles. The van der Waals surface area contributed by atoms with Crippen molar-refractivity contribution in [3.63, 3.8) is 0 Å². The monoisotopic (exact) mass is 692 g/mol. The fraction of sp³-hybridized carbons (Fsp3) is 0.732. The van der Waals surface area contributed by atoms with Crippen LogP contribution in [0.2, 0.25) is 0 Å². The molecule has 3 N–H and O–H groups in total. The van der Waals surface area contributed by atoms with E-state index in [9.17, 15) is 22.9 Å². The number of aliphatic hydroxyl groups is 1. The average Bonchev–Trinajstić information content (AvgIpc) is 3.05. The van der Waals surface area contributed by atoms with Crippen LogP contribution in [0.5, 0.6) is 0 Å². The van der Waals surface area contributed by atoms with E-state index in [1.807, 2.05) is 6.08 Å². The third kappa shape index (κ3) is 35.3. The molecule has 2 atom stereocenters. The minimum absolute atomic E-state index is 0.238. The lowest BCUT2D eigenvalue weighted by Gasteiger charge is -2.23. The van der Waals surface area contributed by atoms with Crippen LogP contribution in [0.1, 0.15) is 174 Å². The normalized spacial score (nSPS) is 14.0. The molecule has 0 aliphatic carbocycles. The van der Waals surface area contributed by atoms with Gasteiger partial charge in [-0.15, -0.1) is 0 Å². The van der Waals surface area contributed by atoms with E-state index in [1.165, 1.54) is 83.5 Å². The molecular formula is C41H73NO5S. The number of carbonyl (C=O) groups is 1. The lowest BCUT2D eigenvalue weighted by atomic mass is 10.0. The van der Waals surface area contributed by atoms with Crippen molar-refractivity contribution in [2.45, 2.75) is 187 Å². The maximum absolute atomic E-state index is 12.5. The van der Waals surface area contributed by atoms with Crippen LogP contribution in [0, 0.1) is 0 Å². The van der Waals surface area contributed by atoms with Gasteiger partial charge in [-0.2, -0.15) is 8.42 Å². The molecule has 48 heavy (non-hydrogen) atoms. The Morgan fingerprint density at radius 3 is 1.40 bits per heavy atom. The summed E-state index contributed by atoms with van der Waals surface area (Å²) >= 11 is 0. The minimum atomic E-state index is -4.33. The quantitative estimate of drug-likeness (QED) is 0.0354. The second-order valence-electron chi connectivity index (χ2n) is 13.2. The molecule has 0 heterocycles. The summed E-state index contributed by atoms with van der Waals surface area (Å²) in [5.41, 5.74) is 0. The first-order valence-electron chi connectivity index (χ1n) is 19.5. The van der Waals surface area contributed by atoms with Crippen molar-refractivity contribution in [2.24, 2.45) is 0 Å². The van der Waals surface area contributed by atoms with E-state index in [2.05, 4.69) is 73.8 Å². The molecule has 0 fully saturated rings. The molecule has 2 unspecified atom stereocenters. The number of hydrogen-bond acceptors (Lipinski definition) is 4. The van der Waals surface area contributed by atoms with E-state index >= 15 is 0 Å². The van der Waals surface area contributed by atoms with Crippen molar-refractivity contribution in [1.29, 1.82) is 0 Å². The van der Waals surface area contributed by atoms with Crippen LogP contribution in [0.15, 0.2) is 60.8 Å². The summed E-state index contributed by atoms with van der Waals surface area (Å²) in [6.45, 7) is 4.40. The largest absolute Gasteiger partial charge is 0.391 e.